The van der Waals surface area contributed by atoms with Crippen molar-refractivity contribution in [3.63, 3.8) is 0 Å². The molecule has 0 saturated carbocycles. The molecule has 1 aromatic carbocycles. The van der Waals surface area contributed by atoms with Crippen LogP contribution in [0.5, 0.6) is 0 Å². The maximum absolute atomic E-state index is 12.0. The van der Waals surface area contributed by atoms with E-state index in [1.807, 2.05) is 19.9 Å². The molecule has 1 aromatic rings. The SMILES string of the molecule is Cc1c(CCO)c(CO)cc2c1C(=O)[C@@H](C)C2. The van der Waals surface area contributed by atoms with Gasteiger partial charge in [-0.15, -0.1) is 0 Å². The predicted molar refractivity (Wildman–Crippen MR) is 65.1 cm³/mol. The highest BCUT2D eigenvalue weighted by atomic mass is 16.3. The number of rotatable bonds is 3. The number of aliphatic hydroxyl groups is 2. The summed E-state index contributed by atoms with van der Waals surface area (Å²) in [7, 11) is 0. The fourth-order valence-corrected chi connectivity index (χ4v) is 2.78. The van der Waals surface area contributed by atoms with E-state index in [4.69, 9.17) is 5.11 Å². The van der Waals surface area contributed by atoms with Crippen LogP contribution in [-0.2, 0) is 19.4 Å². The first-order valence-corrected chi connectivity index (χ1v) is 6.00. The van der Waals surface area contributed by atoms with Crippen LogP contribution >= 0.6 is 0 Å². The third-order valence-corrected chi connectivity index (χ3v) is 3.64. The number of benzene rings is 1. The lowest BCUT2D eigenvalue weighted by Gasteiger charge is -2.14. The number of carbonyl (C=O) groups excluding carboxylic acids is 1. The molecule has 0 heterocycles. The Kier molecular flexibility index (Phi) is 3.31. The predicted octanol–water partition coefficient (Wildman–Crippen LogP) is 1.40. The Bertz CT molecular complexity index is 463. The number of fused-ring (bicyclic) bond motifs is 1. The van der Waals surface area contributed by atoms with Gasteiger partial charge in [-0.25, -0.2) is 0 Å². The van der Waals surface area contributed by atoms with Crippen molar-refractivity contribution in [2.24, 2.45) is 5.92 Å². The lowest BCUT2D eigenvalue weighted by atomic mass is 9.92. The van der Waals surface area contributed by atoms with Crippen LogP contribution in [0.3, 0.4) is 0 Å². The summed E-state index contributed by atoms with van der Waals surface area (Å²) in [5.41, 5.74) is 4.58. The maximum atomic E-state index is 12.0. The van der Waals surface area contributed by atoms with Crippen molar-refractivity contribution in [3.05, 3.63) is 33.9 Å². The second-order valence-electron chi connectivity index (χ2n) is 4.77. The van der Waals surface area contributed by atoms with Gasteiger partial charge in [0.1, 0.15) is 0 Å². The van der Waals surface area contributed by atoms with Gasteiger partial charge < -0.3 is 10.2 Å². The van der Waals surface area contributed by atoms with Gasteiger partial charge in [0.25, 0.3) is 0 Å². The van der Waals surface area contributed by atoms with Gasteiger partial charge in [-0.05, 0) is 42.0 Å². The molecule has 0 aliphatic heterocycles. The Morgan fingerprint density at radius 3 is 2.71 bits per heavy atom. The number of aliphatic hydroxyl groups excluding tert-OH is 2. The summed E-state index contributed by atoms with van der Waals surface area (Å²) < 4.78 is 0. The number of hydrogen-bond acceptors (Lipinski definition) is 3. The zero-order chi connectivity index (χ0) is 12.6. The summed E-state index contributed by atoms with van der Waals surface area (Å²) >= 11 is 0. The van der Waals surface area contributed by atoms with E-state index < -0.39 is 0 Å². The van der Waals surface area contributed by atoms with Crippen molar-refractivity contribution in [1.29, 1.82) is 0 Å². The average molecular weight is 234 g/mol. The van der Waals surface area contributed by atoms with Crippen LogP contribution in [0.4, 0.5) is 0 Å². The fourth-order valence-electron chi connectivity index (χ4n) is 2.78. The van der Waals surface area contributed by atoms with Crippen molar-refractivity contribution in [2.75, 3.05) is 6.61 Å². The van der Waals surface area contributed by atoms with E-state index in [-0.39, 0.29) is 24.9 Å². The zero-order valence-corrected chi connectivity index (χ0v) is 10.3. The van der Waals surface area contributed by atoms with Crippen LogP contribution < -0.4 is 0 Å². The van der Waals surface area contributed by atoms with E-state index in [0.717, 1.165) is 34.2 Å². The molecule has 0 amide bonds. The van der Waals surface area contributed by atoms with Crippen LogP contribution in [-0.4, -0.2) is 22.6 Å². The topological polar surface area (TPSA) is 57.5 Å². The van der Waals surface area contributed by atoms with Crippen LogP contribution in [0.2, 0.25) is 0 Å². The van der Waals surface area contributed by atoms with Gasteiger partial charge in [0.05, 0.1) is 6.61 Å². The molecule has 1 aliphatic rings. The molecule has 2 N–H and O–H groups in total. The lowest BCUT2D eigenvalue weighted by Crippen LogP contribution is -2.08. The van der Waals surface area contributed by atoms with Gasteiger partial charge in [0, 0.05) is 18.1 Å². The Morgan fingerprint density at radius 1 is 1.41 bits per heavy atom. The minimum Gasteiger partial charge on any atom is -0.396 e. The standard InChI is InChI=1S/C14H18O3/c1-8-5-10-6-11(7-16)12(3-4-15)9(2)13(10)14(8)17/h6,8,15-16H,3-5,7H2,1-2H3/t8-/m0/s1. The largest absolute Gasteiger partial charge is 0.396 e. The summed E-state index contributed by atoms with van der Waals surface area (Å²) in [6.07, 6.45) is 1.26. The Labute approximate surface area is 101 Å². The highest BCUT2D eigenvalue weighted by Crippen LogP contribution is 2.33. The molecule has 17 heavy (non-hydrogen) atoms. The minimum atomic E-state index is -0.0357. The Balaban J connectivity index is 2.60. The average Bonchev–Trinajstić information content (AvgIpc) is 2.59. The molecule has 3 nitrogen and oxygen atoms in total. The molecule has 0 saturated heterocycles. The summed E-state index contributed by atoms with van der Waals surface area (Å²) in [6.45, 7) is 3.85. The molecule has 0 bridgehead atoms. The molecule has 0 fully saturated rings. The summed E-state index contributed by atoms with van der Waals surface area (Å²) in [6, 6.07) is 1.93. The fraction of sp³-hybridized carbons (Fsp3) is 0.500. The summed E-state index contributed by atoms with van der Waals surface area (Å²) in [5.74, 6) is 0.237. The molecule has 0 radical (unpaired) electrons. The van der Waals surface area contributed by atoms with Gasteiger partial charge in [0.2, 0.25) is 0 Å². The smallest absolute Gasteiger partial charge is 0.166 e. The molecule has 1 aliphatic carbocycles. The molecule has 92 valence electrons. The maximum Gasteiger partial charge on any atom is 0.166 e. The monoisotopic (exact) mass is 234 g/mol. The molecule has 2 rings (SSSR count). The van der Waals surface area contributed by atoms with Gasteiger partial charge in [-0.3, -0.25) is 4.79 Å². The van der Waals surface area contributed by atoms with E-state index in [9.17, 15) is 9.90 Å². The third kappa shape index (κ3) is 1.90. The molecule has 3 heteroatoms. The van der Waals surface area contributed by atoms with E-state index >= 15 is 0 Å². The van der Waals surface area contributed by atoms with Gasteiger partial charge in [-0.2, -0.15) is 0 Å². The van der Waals surface area contributed by atoms with Crippen LogP contribution in [0.1, 0.15) is 39.5 Å². The molecule has 0 aromatic heterocycles. The van der Waals surface area contributed by atoms with Gasteiger partial charge in [-0.1, -0.05) is 13.0 Å². The second kappa shape index (κ2) is 4.59. The third-order valence-electron chi connectivity index (χ3n) is 3.64. The summed E-state index contributed by atoms with van der Waals surface area (Å²) in [5, 5.41) is 18.4. The van der Waals surface area contributed by atoms with Crippen molar-refractivity contribution < 1.29 is 15.0 Å². The Morgan fingerprint density at radius 2 is 2.12 bits per heavy atom. The molecule has 0 unspecified atom stereocenters. The zero-order valence-electron chi connectivity index (χ0n) is 10.3. The van der Waals surface area contributed by atoms with Gasteiger partial charge in [0.15, 0.2) is 5.78 Å². The molecule has 1 atom stereocenters. The van der Waals surface area contributed by atoms with Gasteiger partial charge >= 0.3 is 0 Å². The van der Waals surface area contributed by atoms with Crippen LogP contribution in [0, 0.1) is 12.8 Å². The first-order valence-electron chi connectivity index (χ1n) is 6.00. The highest BCUT2D eigenvalue weighted by Gasteiger charge is 2.30. The molecule has 0 spiro atoms. The summed E-state index contributed by atoms with van der Waals surface area (Å²) in [4.78, 5) is 12.0. The first kappa shape index (κ1) is 12.3. The van der Waals surface area contributed by atoms with Crippen molar-refractivity contribution >= 4 is 5.78 Å². The number of carbonyl (C=O) groups is 1. The minimum absolute atomic E-state index is 0.0357. The van der Waals surface area contributed by atoms with Crippen LogP contribution in [0.25, 0.3) is 0 Å². The normalized spacial score (nSPS) is 18.6. The molecular weight excluding hydrogens is 216 g/mol. The van der Waals surface area contributed by atoms with E-state index in [2.05, 4.69) is 0 Å². The van der Waals surface area contributed by atoms with E-state index in [1.54, 1.807) is 0 Å². The lowest BCUT2D eigenvalue weighted by molar-refractivity contribution is 0.0945. The number of ketones is 1. The van der Waals surface area contributed by atoms with Crippen molar-refractivity contribution in [1.82, 2.24) is 0 Å². The number of Topliss-reactive ketones (excluding diaryl/α,β-unsaturated/α-hetero) is 1. The van der Waals surface area contributed by atoms with E-state index in [0.29, 0.717) is 6.42 Å². The van der Waals surface area contributed by atoms with Crippen LogP contribution in [0.15, 0.2) is 6.07 Å². The van der Waals surface area contributed by atoms with Crippen molar-refractivity contribution in [2.45, 2.75) is 33.3 Å². The Hall–Kier alpha value is -1.19. The first-order chi connectivity index (χ1) is 8.10. The molecular formula is C14H18O3. The quantitative estimate of drug-likeness (QED) is 0.831. The highest BCUT2D eigenvalue weighted by molar-refractivity contribution is 6.03. The second-order valence-corrected chi connectivity index (χ2v) is 4.77. The van der Waals surface area contributed by atoms with E-state index in [1.165, 1.54) is 0 Å². The number of hydrogen-bond donors (Lipinski definition) is 2. The van der Waals surface area contributed by atoms with Crippen molar-refractivity contribution in [3.8, 4) is 0 Å².